The molecule has 2 heterocycles. The highest BCUT2D eigenvalue weighted by Gasteiger charge is 2.16. The van der Waals surface area contributed by atoms with Gasteiger partial charge in [0.05, 0.1) is 12.6 Å². The highest BCUT2D eigenvalue weighted by atomic mass is 16.4. The molecule has 0 aliphatic carbocycles. The minimum atomic E-state index is -0.806. The second-order valence-corrected chi connectivity index (χ2v) is 4.53. The van der Waals surface area contributed by atoms with E-state index in [4.69, 9.17) is 9.52 Å². The Labute approximate surface area is 100 Å². The average molecular weight is 238 g/mol. The number of aromatic nitrogens is 1. The maximum Gasteiger partial charge on any atom is 0.303 e. The normalized spacial score (nSPS) is 20.4. The molecule has 1 fully saturated rings. The molecule has 1 unspecified atom stereocenters. The molecule has 0 spiro atoms. The molecule has 2 N–H and O–H groups in total. The Morgan fingerprint density at radius 3 is 3.24 bits per heavy atom. The fourth-order valence-electron chi connectivity index (χ4n) is 2.13. The lowest BCUT2D eigenvalue weighted by Crippen LogP contribution is -2.30. The van der Waals surface area contributed by atoms with Gasteiger partial charge in [-0.25, -0.2) is 4.98 Å². The van der Waals surface area contributed by atoms with Crippen LogP contribution in [0.2, 0.25) is 0 Å². The standard InChI is InChI=1S/C12H18N2O3/c15-12(16)4-3-10-8-14-11(17-10)6-9-2-1-5-13-7-9/h8-9,13H,1-7H2,(H,15,16). The monoisotopic (exact) mass is 238 g/mol. The third-order valence-electron chi connectivity index (χ3n) is 3.05. The van der Waals surface area contributed by atoms with Gasteiger partial charge in [0.15, 0.2) is 5.89 Å². The van der Waals surface area contributed by atoms with Crippen LogP contribution in [-0.4, -0.2) is 29.1 Å². The number of oxazole rings is 1. The summed E-state index contributed by atoms with van der Waals surface area (Å²) in [5.41, 5.74) is 0. The number of carbonyl (C=O) groups is 1. The van der Waals surface area contributed by atoms with Gasteiger partial charge in [-0.05, 0) is 31.8 Å². The molecule has 0 amide bonds. The number of hydrogen-bond acceptors (Lipinski definition) is 4. The molecule has 2 rings (SSSR count). The van der Waals surface area contributed by atoms with Gasteiger partial charge in [-0.15, -0.1) is 0 Å². The lowest BCUT2D eigenvalue weighted by molar-refractivity contribution is -0.137. The predicted molar refractivity (Wildman–Crippen MR) is 61.8 cm³/mol. The highest BCUT2D eigenvalue weighted by molar-refractivity contribution is 5.66. The molecular formula is C12H18N2O3. The van der Waals surface area contributed by atoms with Crippen LogP contribution < -0.4 is 5.32 Å². The Hall–Kier alpha value is -1.36. The maximum atomic E-state index is 10.4. The van der Waals surface area contributed by atoms with Gasteiger partial charge < -0.3 is 14.8 Å². The van der Waals surface area contributed by atoms with Crippen LogP contribution in [0.1, 0.15) is 30.9 Å². The molecule has 17 heavy (non-hydrogen) atoms. The van der Waals surface area contributed by atoms with Crippen molar-refractivity contribution in [3.63, 3.8) is 0 Å². The lowest BCUT2D eigenvalue weighted by atomic mass is 9.96. The fourth-order valence-corrected chi connectivity index (χ4v) is 2.13. The quantitative estimate of drug-likeness (QED) is 0.807. The van der Waals surface area contributed by atoms with E-state index in [2.05, 4.69) is 10.3 Å². The minimum Gasteiger partial charge on any atom is -0.481 e. The smallest absolute Gasteiger partial charge is 0.303 e. The van der Waals surface area contributed by atoms with E-state index < -0.39 is 5.97 Å². The van der Waals surface area contributed by atoms with Gasteiger partial charge in [0.1, 0.15) is 5.76 Å². The predicted octanol–water partition coefficient (Wildman–Crippen LogP) is 1.23. The number of piperidine rings is 1. The van der Waals surface area contributed by atoms with E-state index in [0.717, 1.165) is 25.4 Å². The Bertz CT molecular complexity index is 370. The summed E-state index contributed by atoms with van der Waals surface area (Å²) in [4.78, 5) is 14.6. The van der Waals surface area contributed by atoms with E-state index in [9.17, 15) is 4.79 Å². The van der Waals surface area contributed by atoms with Crippen molar-refractivity contribution < 1.29 is 14.3 Å². The van der Waals surface area contributed by atoms with Crippen molar-refractivity contribution in [2.75, 3.05) is 13.1 Å². The molecular weight excluding hydrogens is 220 g/mol. The largest absolute Gasteiger partial charge is 0.481 e. The maximum absolute atomic E-state index is 10.4. The minimum absolute atomic E-state index is 0.0968. The number of aliphatic carboxylic acids is 1. The van der Waals surface area contributed by atoms with E-state index >= 15 is 0 Å². The third kappa shape index (κ3) is 3.85. The molecule has 5 nitrogen and oxygen atoms in total. The SMILES string of the molecule is O=C(O)CCc1cnc(CC2CCCNC2)o1. The molecule has 0 radical (unpaired) electrons. The van der Waals surface area contributed by atoms with E-state index in [-0.39, 0.29) is 6.42 Å². The number of carboxylic acids is 1. The van der Waals surface area contributed by atoms with Crippen molar-refractivity contribution >= 4 is 5.97 Å². The number of hydrogen-bond donors (Lipinski definition) is 2. The first-order chi connectivity index (χ1) is 8.24. The van der Waals surface area contributed by atoms with E-state index in [0.29, 0.717) is 18.1 Å². The lowest BCUT2D eigenvalue weighted by Gasteiger charge is -2.21. The molecule has 0 bridgehead atoms. The number of aryl methyl sites for hydroxylation is 1. The first kappa shape index (κ1) is 12.1. The molecule has 1 aliphatic heterocycles. The summed E-state index contributed by atoms with van der Waals surface area (Å²) in [5.74, 6) is 1.19. The van der Waals surface area contributed by atoms with Crippen LogP contribution >= 0.6 is 0 Å². The van der Waals surface area contributed by atoms with E-state index in [1.807, 2.05) is 0 Å². The van der Waals surface area contributed by atoms with Crippen LogP contribution in [0.3, 0.4) is 0 Å². The van der Waals surface area contributed by atoms with E-state index in [1.54, 1.807) is 6.20 Å². The molecule has 94 valence electrons. The van der Waals surface area contributed by atoms with Crippen molar-refractivity contribution in [1.82, 2.24) is 10.3 Å². The summed E-state index contributed by atoms with van der Waals surface area (Å²) in [6.07, 6.45) is 5.43. The zero-order valence-electron chi connectivity index (χ0n) is 9.82. The second kappa shape index (κ2) is 5.82. The number of rotatable bonds is 5. The molecule has 0 aromatic carbocycles. The fraction of sp³-hybridized carbons (Fsp3) is 0.667. The van der Waals surface area contributed by atoms with Crippen LogP contribution in [0, 0.1) is 5.92 Å². The summed E-state index contributed by atoms with van der Waals surface area (Å²) in [6, 6.07) is 0. The van der Waals surface area contributed by atoms with Gasteiger partial charge >= 0.3 is 5.97 Å². The number of nitrogens with zero attached hydrogens (tertiary/aromatic N) is 1. The summed E-state index contributed by atoms with van der Waals surface area (Å²) in [5, 5.41) is 11.9. The van der Waals surface area contributed by atoms with Crippen molar-refractivity contribution in [1.29, 1.82) is 0 Å². The number of nitrogens with one attached hydrogen (secondary N) is 1. The van der Waals surface area contributed by atoms with Crippen molar-refractivity contribution in [3.8, 4) is 0 Å². The van der Waals surface area contributed by atoms with Crippen LogP contribution in [0.4, 0.5) is 0 Å². The first-order valence-corrected chi connectivity index (χ1v) is 6.10. The molecule has 1 aliphatic rings. The molecule has 1 atom stereocenters. The molecule has 0 saturated carbocycles. The van der Waals surface area contributed by atoms with Crippen LogP contribution in [-0.2, 0) is 17.6 Å². The van der Waals surface area contributed by atoms with Gasteiger partial charge in [-0.3, -0.25) is 4.79 Å². The van der Waals surface area contributed by atoms with Crippen molar-refractivity contribution in [2.45, 2.75) is 32.1 Å². The van der Waals surface area contributed by atoms with Crippen LogP contribution in [0.15, 0.2) is 10.6 Å². The van der Waals surface area contributed by atoms with Gasteiger partial charge in [0.25, 0.3) is 0 Å². The Kier molecular flexibility index (Phi) is 4.14. The second-order valence-electron chi connectivity index (χ2n) is 4.53. The summed E-state index contributed by atoms with van der Waals surface area (Å²) >= 11 is 0. The Balaban J connectivity index is 1.82. The topological polar surface area (TPSA) is 75.4 Å². The average Bonchev–Trinajstić information content (AvgIpc) is 2.75. The molecule has 1 aromatic rings. The van der Waals surface area contributed by atoms with Crippen molar-refractivity contribution in [2.24, 2.45) is 5.92 Å². The van der Waals surface area contributed by atoms with E-state index in [1.165, 1.54) is 12.8 Å². The summed E-state index contributed by atoms with van der Waals surface area (Å²) in [7, 11) is 0. The van der Waals surface area contributed by atoms with Gasteiger partial charge in [0, 0.05) is 12.8 Å². The Morgan fingerprint density at radius 2 is 2.53 bits per heavy atom. The van der Waals surface area contributed by atoms with Gasteiger partial charge in [-0.2, -0.15) is 0 Å². The molecule has 5 heteroatoms. The summed E-state index contributed by atoms with van der Waals surface area (Å²) in [6.45, 7) is 2.12. The zero-order valence-corrected chi connectivity index (χ0v) is 9.82. The first-order valence-electron chi connectivity index (χ1n) is 6.10. The van der Waals surface area contributed by atoms with Crippen molar-refractivity contribution in [3.05, 3.63) is 17.8 Å². The summed E-state index contributed by atoms with van der Waals surface area (Å²) < 4.78 is 5.53. The zero-order chi connectivity index (χ0) is 12.1. The number of carboxylic acid groups (broad SMARTS) is 1. The third-order valence-corrected chi connectivity index (χ3v) is 3.05. The Morgan fingerprint density at radius 1 is 1.65 bits per heavy atom. The molecule has 1 saturated heterocycles. The van der Waals surface area contributed by atoms with Gasteiger partial charge in [0.2, 0.25) is 0 Å². The highest BCUT2D eigenvalue weighted by Crippen LogP contribution is 2.16. The molecule has 1 aromatic heterocycles. The van der Waals surface area contributed by atoms with Gasteiger partial charge in [-0.1, -0.05) is 0 Å². The van der Waals surface area contributed by atoms with Crippen LogP contribution in [0.25, 0.3) is 0 Å². The van der Waals surface area contributed by atoms with Crippen LogP contribution in [0.5, 0.6) is 0 Å².